The molecule has 0 aliphatic carbocycles. The third kappa shape index (κ3) is 6.11. The number of carbonyl (C=O) groups is 4. The maximum Gasteiger partial charge on any atom is 0.243 e. The summed E-state index contributed by atoms with van der Waals surface area (Å²) in [7, 11) is 1.44. The summed E-state index contributed by atoms with van der Waals surface area (Å²) in [6, 6.07) is -1.04. The topological polar surface area (TPSA) is 86.8 Å². The highest BCUT2D eigenvalue weighted by Crippen LogP contribution is 2.23. The maximum atomic E-state index is 12.4. The van der Waals surface area contributed by atoms with Gasteiger partial charge in [0, 0.05) is 32.5 Å². The summed E-state index contributed by atoms with van der Waals surface area (Å²) in [5, 5.41) is 2.45. The Labute approximate surface area is 159 Å². The normalized spacial score (nSPS) is 20.0. The number of hydrogen-bond acceptors (Lipinski definition) is 4. The number of nitrogens with zero attached hydrogens (tertiary/aromatic N) is 2. The Balaban J connectivity index is -0.00000132. The molecule has 0 spiro atoms. The van der Waals surface area contributed by atoms with E-state index < -0.39 is 17.9 Å². The SMILES string of the molecule is C.C.C.C.CNC(=O)C(CC(=O)N1CCCCC1)N1C(=O)CC(C)C1=O. The molecule has 2 fully saturated rings. The number of carbonyl (C=O) groups excluding carboxylic acids is 4. The van der Waals surface area contributed by atoms with E-state index in [-0.39, 0.29) is 60.3 Å². The number of rotatable bonds is 4. The molecule has 0 radical (unpaired) electrons. The molecule has 0 saturated carbocycles. The van der Waals surface area contributed by atoms with Crippen molar-refractivity contribution >= 4 is 23.6 Å². The van der Waals surface area contributed by atoms with Gasteiger partial charge in [-0.1, -0.05) is 36.6 Å². The minimum absolute atomic E-state index is 0. The molecule has 7 nitrogen and oxygen atoms in total. The fraction of sp³-hybridized carbons (Fsp3) is 0.789. The number of likely N-dealkylation sites (tertiary alicyclic amines) is 2. The van der Waals surface area contributed by atoms with Gasteiger partial charge in [0.15, 0.2) is 0 Å². The number of piperidine rings is 1. The molecule has 0 bridgehead atoms. The van der Waals surface area contributed by atoms with E-state index in [0.29, 0.717) is 13.1 Å². The Morgan fingerprint density at radius 3 is 2.04 bits per heavy atom. The van der Waals surface area contributed by atoms with Crippen molar-refractivity contribution in [2.75, 3.05) is 20.1 Å². The highest BCUT2D eigenvalue weighted by molar-refractivity contribution is 6.07. The van der Waals surface area contributed by atoms with E-state index >= 15 is 0 Å². The first-order valence-electron chi connectivity index (χ1n) is 7.81. The van der Waals surface area contributed by atoms with Crippen molar-refractivity contribution in [3.8, 4) is 0 Å². The molecule has 1 N–H and O–H groups in total. The number of nitrogens with one attached hydrogen (secondary N) is 1. The van der Waals surface area contributed by atoms with Gasteiger partial charge in [0.1, 0.15) is 6.04 Å². The standard InChI is InChI=1S/C15H23N3O4.4CH4/c1-10-8-13(20)18(15(10)22)11(14(21)16-2)9-12(19)17-6-4-3-5-7-17;;;;/h10-11H,3-9H2,1-2H3,(H,16,21);4*1H4. The van der Waals surface area contributed by atoms with Crippen molar-refractivity contribution in [1.29, 1.82) is 0 Å². The van der Waals surface area contributed by atoms with Crippen LogP contribution in [0, 0.1) is 5.92 Å². The highest BCUT2D eigenvalue weighted by Gasteiger charge is 2.43. The summed E-state index contributed by atoms with van der Waals surface area (Å²) in [6.45, 7) is 3.02. The number of amides is 4. The molecule has 0 aromatic heterocycles. The average molecular weight is 374 g/mol. The third-order valence-corrected chi connectivity index (χ3v) is 4.35. The first-order chi connectivity index (χ1) is 10.5. The zero-order valence-corrected chi connectivity index (χ0v) is 13.1. The van der Waals surface area contributed by atoms with Gasteiger partial charge in [0.05, 0.1) is 6.42 Å². The number of hydrogen-bond donors (Lipinski definition) is 1. The first kappa shape index (κ1) is 28.9. The van der Waals surface area contributed by atoms with Gasteiger partial charge in [-0.15, -0.1) is 0 Å². The fourth-order valence-electron chi connectivity index (χ4n) is 3.04. The van der Waals surface area contributed by atoms with Crippen molar-refractivity contribution < 1.29 is 19.2 Å². The van der Waals surface area contributed by atoms with Gasteiger partial charge in [0.25, 0.3) is 0 Å². The van der Waals surface area contributed by atoms with E-state index in [1.165, 1.54) is 7.05 Å². The van der Waals surface area contributed by atoms with Crippen LogP contribution in [0.25, 0.3) is 0 Å². The van der Waals surface area contributed by atoms with Gasteiger partial charge >= 0.3 is 0 Å². The Kier molecular flexibility index (Phi) is 13.8. The number of imide groups is 1. The smallest absolute Gasteiger partial charge is 0.243 e. The molecular formula is C19H39N3O4. The average Bonchev–Trinajstić information content (AvgIpc) is 2.78. The maximum absolute atomic E-state index is 12.4. The summed E-state index contributed by atoms with van der Waals surface area (Å²) >= 11 is 0. The zero-order chi connectivity index (χ0) is 16.3. The first-order valence-corrected chi connectivity index (χ1v) is 7.81. The van der Waals surface area contributed by atoms with Crippen LogP contribution >= 0.6 is 0 Å². The second kappa shape index (κ2) is 12.4. The predicted octanol–water partition coefficient (Wildman–Crippen LogP) is 2.44. The summed E-state index contributed by atoms with van der Waals surface area (Å²) < 4.78 is 0. The van der Waals surface area contributed by atoms with Crippen LogP contribution in [0.2, 0.25) is 0 Å². The molecule has 2 heterocycles. The second-order valence-corrected chi connectivity index (χ2v) is 5.98. The third-order valence-electron chi connectivity index (χ3n) is 4.35. The Morgan fingerprint density at radius 2 is 1.62 bits per heavy atom. The molecule has 154 valence electrons. The lowest BCUT2D eigenvalue weighted by molar-refractivity contribution is -0.149. The van der Waals surface area contributed by atoms with Crippen LogP contribution in [-0.4, -0.2) is 59.6 Å². The lowest BCUT2D eigenvalue weighted by atomic mass is 10.1. The molecule has 4 amide bonds. The Hall–Kier alpha value is -1.92. The Morgan fingerprint density at radius 1 is 1.08 bits per heavy atom. The van der Waals surface area contributed by atoms with Crippen LogP contribution in [0.1, 0.15) is 68.7 Å². The van der Waals surface area contributed by atoms with Crippen LogP contribution < -0.4 is 5.32 Å². The van der Waals surface area contributed by atoms with Crippen LogP contribution in [0.4, 0.5) is 0 Å². The van der Waals surface area contributed by atoms with E-state index in [2.05, 4.69) is 5.32 Å². The van der Waals surface area contributed by atoms with Gasteiger partial charge in [-0.05, 0) is 19.3 Å². The Bertz CT molecular complexity index is 487. The predicted molar refractivity (Wildman–Crippen MR) is 105 cm³/mol. The molecular weight excluding hydrogens is 334 g/mol. The van der Waals surface area contributed by atoms with Crippen LogP contribution in [0.15, 0.2) is 0 Å². The van der Waals surface area contributed by atoms with Crippen molar-refractivity contribution in [1.82, 2.24) is 15.1 Å². The van der Waals surface area contributed by atoms with Crippen LogP contribution in [-0.2, 0) is 19.2 Å². The highest BCUT2D eigenvalue weighted by atomic mass is 16.2. The van der Waals surface area contributed by atoms with E-state index in [1.807, 2.05) is 0 Å². The van der Waals surface area contributed by atoms with Gasteiger partial charge < -0.3 is 10.2 Å². The molecule has 2 atom stereocenters. The molecule has 2 rings (SSSR count). The molecule has 0 aromatic carbocycles. The molecule has 2 aliphatic rings. The number of likely N-dealkylation sites (N-methyl/N-ethyl adjacent to an activating group) is 1. The summed E-state index contributed by atoms with van der Waals surface area (Å²) in [4.78, 5) is 51.3. The van der Waals surface area contributed by atoms with Gasteiger partial charge in [0.2, 0.25) is 23.6 Å². The molecule has 2 aliphatic heterocycles. The zero-order valence-electron chi connectivity index (χ0n) is 13.1. The fourth-order valence-corrected chi connectivity index (χ4v) is 3.04. The minimum atomic E-state index is -1.04. The largest absolute Gasteiger partial charge is 0.357 e. The van der Waals surface area contributed by atoms with Gasteiger partial charge in [-0.3, -0.25) is 24.1 Å². The molecule has 7 heteroatoms. The summed E-state index contributed by atoms with van der Waals surface area (Å²) in [5.41, 5.74) is 0. The van der Waals surface area contributed by atoms with Crippen molar-refractivity contribution in [2.45, 2.75) is 74.8 Å². The minimum Gasteiger partial charge on any atom is -0.357 e. The van der Waals surface area contributed by atoms with Crippen LogP contribution in [0.3, 0.4) is 0 Å². The van der Waals surface area contributed by atoms with Crippen molar-refractivity contribution in [3.05, 3.63) is 0 Å². The molecule has 2 saturated heterocycles. The molecule has 26 heavy (non-hydrogen) atoms. The van der Waals surface area contributed by atoms with E-state index in [0.717, 1.165) is 24.2 Å². The summed E-state index contributed by atoms with van der Waals surface area (Å²) in [5.74, 6) is -1.82. The molecule has 2 unspecified atom stereocenters. The van der Waals surface area contributed by atoms with Crippen molar-refractivity contribution in [3.63, 3.8) is 0 Å². The lowest BCUT2D eigenvalue weighted by Crippen LogP contribution is -2.51. The quantitative estimate of drug-likeness (QED) is 0.767. The van der Waals surface area contributed by atoms with Crippen LogP contribution in [0.5, 0.6) is 0 Å². The van der Waals surface area contributed by atoms with Gasteiger partial charge in [-0.25, -0.2) is 0 Å². The van der Waals surface area contributed by atoms with E-state index in [9.17, 15) is 19.2 Å². The lowest BCUT2D eigenvalue weighted by Gasteiger charge is -2.30. The van der Waals surface area contributed by atoms with E-state index in [1.54, 1.807) is 11.8 Å². The molecule has 0 aromatic rings. The van der Waals surface area contributed by atoms with Gasteiger partial charge in [-0.2, -0.15) is 0 Å². The summed E-state index contributed by atoms with van der Waals surface area (Å²) in [6.07, 6.45) is 2.97. The van der Waals surface area contributed by atoms with E-state index in [4.69, 9.17) is 0 Å². The van der Waals surface area contributed by atoms with Crippen molar-refractivity contribution in [2.24, 2.45) is 5.92 Å². The second-order valence-electron chi connectivity index (χ2n) is 5.98. The monoisotopic (exact) mass is 373 g/mol.